The first-order valence-corrected chi connectivity index (χ1v) is 7.85. The Balaban J connectivity index is 1.74. The van der Waals surface area contributed by atoms with Crippen molar-refractivity contribution in [2.75, 3.05) is 0 Å². The number of nitrogens with one attached hydrogen (secondary N) is 1. The van der Waals surface area contributed by atoms with Crippen molar-refractivity contribution in [1.29, 1.82) is 0 Å². The molecule has 2 aromatic rings. The average molecular weight is 351 g/mol. The van der Waals surface area contributed by atoms with Crippen molar-refractivity contribution in [3.8, 4) is 5.75 Å². The van der Waals surface area contributed by atoms with Crippen LogP contribution >= 0.6 is 23.2 Å². The largest absolute Gasteiger partial charge is 0.508 e. The fourth-order valence-corrected chi connectivity index (χ4v) is 2.41. The first kappa shape index (κ1) is 17.3. The third-order valence-electron chi connectivity index (χ3n) is 3.16. The van der Waals surface area contributed by atoms with Crippen LogP contribution in [0, 0.1) is 0 Å². The molecule has 0 heterocycles. The van der Waals surface area contributed by atoms with E-state index in [1.807, 2.05) is 12.1 Å². The van der Waals surface area contributed by atoms with Gasteiger partial charge in [-0.1, -0.05) is 41.4 Å². The Morgan fingerprint density at radius 3 is 2.61 bits per heavy atom. The van der Waals surface area contributed by atoms with Crippen molar-refractivity contribution < 1.29 is 9.90 Å². The van der Waals surface area contributed by atoms with E-state index in [1.165, 1.54) is 6.21 Å². The summed E-state index contributed by atoms with van der Waals surface area (Å²) in [5.41, 5.74) is 4.22. The number of hydrogen-bond acceptors (Lipinski definition) is 3. The number of phenols is 1. The third-order valence-corrected chi connectivity index (χ3v) is 3.72. The maximum absolute atomic E-state index is 11.7. The lowest BCUT2D eigenvalue weighted by molar-refractivity contribution is -0.121. The molecule has 2 rings (SSSR count). The Kier molecular flexibility index (Phi) is 6.44. The minimum absolute atomic E-state index is 0.162. The van der Waals surface area contributed by atoms with Crippen LogP contribution in [-0.4, -0.2) is 17.2 Å². The first-order chi connectivity index (χ1) is 11.0. The number of aromatic hydroxyl groups is 1. The van der Waals surface area contributed by atoms with Crippen molar-refractivity contribution in [2.45, 2.75) is 19.3 Å². The molecule has 1 amide bonds. The van der Waals surface area contributed by atoms with Crippen molar-refractivity contribution in [3.05, 3.63) is 63.6 Å². The summed E-state index contributed by atoms with van der Waals surface area (Å²) < 4.78 is 0. The molecular weight excluding hydrogens is 335 g/mol. The van der Waals surface area contributed by atoms with E-state index >= 15 is 0 Å². The van der Waals surface area contributed by atoms with Crippen LogP contribution in [0.3, 0.4) is 0 Å². The van der Waals surface area contributed by atoms with Gasteiger partial charge in [0.1, 0.15) is 5.75 Å². The molecule has 0 unspecified atom stereocenters. The second-order valence-corrected chi connectivity index (χ2v) is 5.82. The highest BCUT2D eigenvalue weighted by Crippen LogP contribution is 2.19. The molecule has 0 radical (unpaired) electrons. The first-order valence-electron chi connectivity index (χ1n) is 7.09. The zero-order chi connectivity index (χ0) is 16.7. The lowest BCUT2D eigenvalue weighted by Crippen LogP contribution is -2.17. The summed E-state index contributed by atoms with van der Waals surface area (Å²) in [6, 6.07) is 12.0. The van der Waals surface area contributed by atoms with E-state index in [9.17, 15) is 9.90 Å². The second-order valence-electron chi connectivity index (χ2n) is 4.98. The summed E-state index contributed by atoms with van der Waals surface area (Å²) in [5.74, 6) is 0.0757. The van der Waals surface area contributed by atoms with Gasteiger partial charge in [-0.05, 0) is 42.7 Å². The van der Waals surface area contributed by atoms with Crippen LogP contribution in [0.15, 0.2) is 47.6 Å². The van der Waals surface area contributed by atoms with E-state index in [1.54, 1.807) is 30.3 Å². The summed E-state index contributed by atoms with van der Waals surface area (Å²) in [7, 11) is 0. The van der Waals surface area contributed by atoms with Gasteiger partial charge in [0.25, 0.3) is 0 Å². The Hall–Kier alpha value is -2.04. The molecule has 0 atom stereocenters. The quantitative estimate of drug-likeness (QED) is 0.606. The van der Waals surface area contributed by atoms with Crippen molar-refractivity contribution in [2.24, 2.45) is 5.10 Å². The maximum Gasteiger partial charge on any atom is 0.240 e. The van der Waals surface area contributed by atoms with Crippen LogP contribution in [-0.2, 0) is 11.2 Å². The SMILES string of the molecule is O=C(CCCc1ccc(O)cc1)NN=Cc1ccc(Cl)cc1Cl. The van der Waals surface area contributed by atoms with Crippen molar-refractivity contribution >= 4 is 35.3 Å². The summed E-state index contributed by atoms with van der Waals surface area (Å²) in [6.07, 6.45) is 3.32. The van der Waals surface area contributed by atoms with Gasteiger partial charge in [0, 0.05) is 17.0 Å². The number of phenolic OH excluding ortho intramolecular Hbond substituents is 1. The molecule has 4 nitrogen and oxygen atoms in total. The number of hydrazone groups is 1. The molecule has 0 spiro atoms. The molecule has 0 saturated heterocycles. The highest BCUT2D eigenvalue weighted by atomic mass is 35.5. The lowest BCUT2D eigenvalue weighted by atomic mass is 10.1. The smallest absolute Gasteiger partial charge is 0.240 e. The number of halogens is 2. The molecule has 2 aromatic carbocycles. The molecule has 0 saturated carbocycles. The zero-order valence-corrected chi connectivity index (χ0v) is 13.8. The molecular formula is C17H16Cl2N2O2. The number of rotatable bonds is 6. The van der Waals surface area contributed by atoms with E-state index < -0.39 is 0 Å². The number of aryl methyl sites for hydroxylation is 1. The molecule has 120 valence electrons. The van der Waals surface area contributed by atoms with E-state index in [-0.39, 0.29) is 11.7 Å². The van der Waals surface area contributed by atoms with Crippen LogP contribution in [0.1, 0.15) is 24.0 Å². The average Bonchev–Trinajstić information content (AvgIpc) is 2.51. The number of benzene rings is 2. The van der Waals surface area contributed by atoms with Crippen LogP contribution in [0.2, 0.25) is 10.0 Å². The summed E-state index contributed by atoms with van der Waals surface area (Å²) >= 11 is 11.8. The molecule has 0 aliphatic rings. The number of carbonyl (C=O) groups excluding carboxylic acids is 1. The van der Waals surface area contributed by atoms with Crippen LogP contribution in [0.4, 0.5) is 0 Å². The van der Waals surface area contributed by atoms with E-state index in [4.69, 9.17) is 23.2 Å². The molecule has 2 N–H and O–H groups in total. The van der Waals surface area contributed by atoms with Gasteiger partial charge in [-0.25, -0.2) is 5.43 Å². The third kappa shape index (κ3) is 5.93. The minimum atomic E-state index is -0.162. The fourth-order valence-electron chi connectivity index (χ4n) is 1.95. The van der Waals surface area contributed by atoms with Gasteiger partial charge in [-0.3, -0.25) is 4.79 Å². The molecule has 0 bridgehead atoms. The minimum Gasteiger partial charge on any atom is -0.508 e. The monoisotopic (exact) mass is 350 g/mol. The molecule has 23 heavy (non-hydrogen) atoms. The van der Waals surface area contributed by atoms with Crippen molar-refractivity contribution in [1.82, 2.24) is 5.43 Å². The number of nitrogens with zero attached hydrogens (tertiary/aromatic N) is 1. The maximum atomic E-state index is 11.7. The van der Waals surface area contributed by atoms with E-state index in [0.717, 1.165) is 12.0 Å². The van der Waals surface area contributed by atoms with Gasteiger partial charge in [0.2, 0.25) is 5.91 Å². The van der Waals surface area contributed by atoms with Crippen LogP contribution < -0.4 is 5.43 Å². The van der Waals surface area contributed by atoms with Gasteiger partial charge in [-0.2, -0.15) is 5.10 Å². The van der Waals surface area contributed by atoms with Gasteiger partial charge in [0.15, 0.2) is 0 Å². The van der Waals surface area contributed by atoms with E-state index in [2.05, 4.69) is 10.5 Å². The van der Waals surface area contributed by atoms with E-state index in [0.29, 0.717) is 28.5 Å². The summed E-state index contributed by atoms with van der Waals surface area (Å²) in [6.45, 7) is 0. The molecule has 0 aliphatic heterocycles. The molecule has 0 aliphatic carbocycles. The number of carbonyl (C=O) groups is 1. The fraction of sp³-hybridized carbons (Fsp3) is 0.176. The number of amides is 1. The molecule has 0 aromatic heterocycles. The van der Waals surface area contributed by atoms with Gasteiger partial charge >= 0.3 is 0 Å². The molecule has 6 heteroatoms. The number of hydrogen-bond donors (Lipinski definition) is 2. The van der Waals surface area contributed by atoms with Crippen molar-refractivity contribution in [3.63, 3.8) is 0 Å². The standard InChI is InChI=1S/C17H16Cl2N2O2/c18-14-7-6-13(16(19)10-14)11-20-21-17(23)3-1-2-12-4-8-15(22)9-5-12/h4-11,22H,1-3H2,(H,21,23). The van der Waals surface area contributed by atoms with Crippen LogP contribution in [0.25, 0.3) is 0 Å². The normalized spacial score (nSPS) is 10.9. The lowest BCUT2D eigenvalue weighted by Gasteiger charge is -2.02. The highest BCUT2D eigenvalue weighted by molar-refractivity contribution is 6.36. The highest BCUT2D eigenvalue weighted by Gasteiger charge is 2.02. The second kappa shape index (κ2) is 8.56. The Bertz CT molecular complexity index is 700. The summed E-state index contributed by atoms with van der Waals surface area (Å²) in [5, 5.41) is 14.1. The molecule has 0 fully saturated rings. The summed E-state index contributed by atoms with van der Waals surface area (Å²) in [4.78, 5) is 11.7. The Morgan fingerprint density at radius 2 is 1.91 bits per heavy atom. The predicted molar refractivity (Wildman–Crippen MR) is 93.2 cm³/mol. The van der Waals surface area contributed by atoms with Gasteiger partial charge < -0.3 is 5.11 Å². The Labute approximate surface area is 144 Å². The van der Waals surface area contributed by atoms with Crippen LogP contribution in [0.5, 0.6) is 5.75 Å². The topological polar surface area (TPSA) is 61.7 Å². The van der Waals surface area contributed by atoms with Gasteiger partial charge in [-0.15, -0.1) is 0 Å². The van der Waals surface area contributed by atoms with Gasteiger partial charge in [0.05, 0.1) is 11.2 Å². The predicted octanol–water partition coefficient (Wildman–Crippen LogP) is 4.17. The zero-order valence-electron chi connectivity index (χ0n) is 12.3. The Morgan fingerprint density at radius 1 is 1.17 bits per heavy atom.